The Morgan fingerprint density at radius 1 is 1.47 bits per heavy atom. The van der Waals surface area contributed by atoms with Gasteiger partial charge in [-0.05, 0) is 32.0 Å². The van der Waals surface area contributed by atoms with Gasteiger partial charge in [-0.2, -0.15) is 0 Å². The minimum Gasteiger partial charge on any atom is -0.398 e. The van der Waals surface area contributed by atoms with Gasteiger partial charge in [0, 0.05) is 30.9 Å². The number of nitrogens with two attached hydrogens (primary N) is 1. The molecule has 0 bridgehead atoms. The summed E-state index contributed by atoms with van der Waals surface area (Å²) < 4.78 is 0. The highest BCUT2D eigenvalue weighted by atomic mass is 16.6. The Kier molecular flexibility index (Phi) is 4.85. The van der Waals surface area contributed by atoms with Crippen molar-refractivity contribution >= 4 is 11.4 Å². The lowest BCUT2D eigenvalue weighted by molar-refractivity contribution is -0.384. The third-order valence-corrected chi connectivity index (χ3v) is 2.79. The van der Waals surface area contributed by atoms with Crippen molar-refractivity contribution < 1.29 is 10.0 Å². The molecule has 19 heavy (non-hydrogen) atoms. The number of rotatable bonds is 6. The molecule has 1 aromatic rings. The molecule has 0 spiro atoms. The first kappa shape index (κ1) is 15.4. The number of nitro groups is 1. The van der Waals surface area contributed by atoms with E-state index < -0.39 is 10.5 Å². The number of hydrogen-bond acceptors (Lipinski definition) is 5. The van der Waals surface area contributed by atoms with Gasteiger partial charge in [-0.1, -0.05) is 6.92 Å². The summed E-state index contributed by atoms with van der Waals surface area (Å²) in [4.78, 5) is 12.3. The zero-order valence-electron chi connectivity index (χ0n) is 11.6. The molecule has 0 aliphatic carbocycles. The molecule has 0 aliphatic heterocycles. The number of nitrogens with zero attached hydrogens (tertiary/aromatic N) is 2. The maximum absolute atomic E-state index is 10.8. The van der Waals surface area contributed by atoms with Gasteiger partial charge in [0.15, 0.2) is 0 Å². The predicted molar refractivity (Wildman–Crippen MR) is 74.8 cm³/mol. The lowest BCUT2D eigenvalue weighted by Crippen LogP contribution is -2.38. The van der Waals surface area contributed by atoms with E-state index in [0.29, 0.717) is 24.3 Å². The van der Waals surface area contributed by atoms with Crippen molar-refractivity contribution in [3.63, 3.8) is 0 Å². The molecule has 0 amide bonds. The average Bonchev–Trinajstić information content (AvgIpc) is 2.28. The van der Waals surface area contributed by atoms with Crippen molar-refractivity contribution in [3.8, 4) is 0 Å². The van der Waals surface area contributed by atoms with E-state index in [-0.39, 0.29) is 5.69 Å². The number of aliphatic hydroxyl groups is 1. The third-order valence-electron chi connectivity index (χ3n) is 2.79. The summed E-state index contributed by atoms with van der Waals surface area (Å²) in [5.74, 6) is 0. The predicted octanol–water partition coefficient (Wildman–Crippen LogP) is 1.77. The minimum absolute atomic E-state index is 0.0310. The first-order valence-corrected chi connectivity index (χ1v) is 6.20. The van der Waals surface area contributed by atoms with Gasteiger partial charge in [0.1, 0.15) is 0 Å². The van der Waals surface area contributed by atoms with E-state index in [1.54, 1.807) is 19.9 Å². The highest BCUT2D eigenvalue weighted by molar-refractivity contribution is 5.52. The zero-order valence-corrected chi connectivity index (χ0v) is 11.6. The van der Waals surface area contributed by atoms with Crippen molar-refractivity contribution in [2.24, 2.45) is 0 Å². The Hall–Kier alpha value is -1.66. The quantitative estimate of drug-likeness (QED) is 0.465. The summed E-state index contributed by atoms with van der Waals surface area (Å²) in [6.45, 7) is 7.12. The van der Waals surface area contributed by atoms with Crippen LogP contribution >= 0.6 is 0 Å². The van der Waals surface area contributed by atoms with Gasteiger partial charge in [0.2, 0.25) is 0 Å². The average molecular weight is 267 g/mol. The van der Waals surface area contributed by atoms with Crippen LogP contribution in [0.1, 0.15) is 26.3 Å². The molecule has 0 saturated heterocycles. The number of nitrogen functional groups attached to an aromatic ring is 1. The van der Waals surface area contributed by atoms with Gasteiger partial charge in [0.05, 0.1) is 10.5 Å². The monoisotopic (exact) mass is 267 g/mol. The molecule has 0 heterocycles. The van der Waals surface area contributed by atoms with E-state index in [2.05, 4.69) is 0 Å². The molecule has 0 unspecified atom stereocenters. The first-order chi connectivity index (χ1) is 8.73. The fourth-order valence-corrected chi connectivity index (χ4v) is 1.91. The van der Waals surface area contributed by atoms with E-state index in [9.17, 15) is 15.2 Å². The summed E-state index contributed by atoms with van der Waals surface area (Å²) in [5.41, 5.74) is 6.30. The molecule has 6 nitrogen and oxygen atoms in total. The Labute approximate surface area is 113 Å². The molecular weight excluding hydrogens is 246 g/mol. The number of nitro benzene ring substituents is 1. The second kappa shape index (κ2) is 5.99. The molecule has 0 fully saturated rings. The Morgan fingerprint density at radius 3 is 2.58 bits per heavy atom. The van der Waals surface area contributed by atoms with Crippen molar-refractivity contribution in [2.75, 3.05) is 18.8 Å². The van der Waals surface area contributed by atoms with Crippen LogP contribution in [0, 0.1) is 10.1 Å². The lowest BCUT2D eigenvalue weighted by atomic mass is 10.1. The summed E-state index contributed by atoms with van der Waals surface area (Å²) in [6, 6.07) is 4.43. The molecule has 1 aromatic carbocycles. The summed E-state index contributed by atoms with van der Waals surface area (Å²) in [6.07, 6.45) is 0. The van der Waals surface area contributed by atoms with E-state index in [0.717, 1.165) is 6.54 Å². The Bertz CT molecular complexity index is 455. The first-order valence-electron chi connectivity index (χ1n) is 6.20. The standard InChI is InChI=1S/C13H21N3O3/c1-4-15(9-13(2,3)17)8-10-7-11(16(18)19)5-6-12(10)14/h5-7,17H,4,8-9,14H2,1-3H3. The molecule has 3 N–H and O–H groups in total. The number of likely N-dealkylation sites (N-methyl/N-ethyl adjacent to an activating group) is 1. The van der Waals surface area contributed by atoms with Gasteiger partial charge in [0.25, 0.3) is 5.69 Å². The topological polar surface area (TPSA) is 92.6 Å². The smallest absolute Gasteiger partial charge is 0.269 e. The summed E-state index contributed by atoms with van der Waals surface area (Å²) >= 11 is 0. The number of benzene rings is 1. The van der Waals surface area contributed by atoms with Crippen LogP contribution in [0.4, 0.5) is 11.4 Å². The van der Waals surface area contributed by atoms with Crippen molar-refractivity contribution in [3.05, 3.63) is 33.9 Å². The van der Waals surface area contributed by atoms with Gasteiger partial charge in [-0.15, -0.1) is 0 Å². The molecule has 1 rings (SSSR count). The zero-order chi connectivity index (χ0) is 14.6. The Morgan fingerprint density at radius 2 is 2.11 bits per heavy atom. The van der Waals surface area contributed by atoms with E-state index in [1.807, 2.05) is 11.8 Å². The molecule has 6 heteroatoms. The highest BCUT2D eigenvalue weighted by Crippen LogP contribution is 2.21. The van der Waals surface area contributed by atoms with Gasteiger partial charge in [-0.3, -0.25) is 15.0 Å². The molecule has 0 aliphatic rings. The van der Waals surface area contributed by atoms with E-state index in [1.165, 1.54) is 12.1 Å². The van der Waals surface area contributed by atoms with Crippen LogP contribution < -0.4 is 5.73 Å². The van der Waals surface area contributed by atoms with Crippen LogP contribution in [-0.4, -0.2) is 33.6 Å². The van der Waals surface area contributed by atoms with Crippen molar-refractivity contribution in [1.29, 1.82) is 0 Å². The summed E-state index contributed by atoms with van der Waals surface area (Å²) in [5, 5.41) is 20.6. The Balaban J connectivity index is 2.90. The molecule has 0 aromatic heterocycles. The third kappa shape index (κ3) is 4.84. The normalized spacial score (nSPS) is 11.8. The lowest BCUT2D eigenvalue weighted by Gasteiger charge is -2.28. The van der Waals surface area contributed by atoms with Gasteiger partial charge in [-0.25, -0.2) is 0 Å². The fraction of sp³-hybridized carbons (Fsp3) is 0.538. The second-order valence-corrected chi connectivity index (χ2v) is 5.26. The van der Waals surface area contributed by atoms with Crippen molar-refractivity contribution in [1.82, 2.24) is 4.90 Å². The number of non-ortho nitro benzene ring substituents is 1. The highest BCUT2D eigenvalue weighted by Gasteiger charge is 2.19. The van der Waals surface area contributed by atoms with Gasteiger partial charge >= 0.3 is 0 Å². The molecule has 0 radical (unpaired) electrons. The van der Waals surface area contributed by atoms with Crippen molar-refractivity contribution in [2.45, 2.75) is 32.9 Å². The van der Waals surface area contributed by atoms with E-state index >= 15 is 0 Å². The number of hydrogen-bond donors (Lipinski definition) is 2. The molecule has 106 valence electrons. The van der Waals surface area contributed by atoms with Crippen LogP contribution in [0.15, 0.2) is 18.2 Å². The SMILES string of the molecule is CCN(Cc1cc([N+](=O)[O-])ccc1N)CC(C)(C)O. The molecular formula is C13H21N3O3. The summed E-state index contributed by atoms with van der Waals surface area (Å²) in [7, 11) is 0. The van der Waals surface area contributed by atoms with E-state index in [4.69, 9.17) is 5.73 Å². The minimum atomic E-state index is -0.814. The van der Waals surface area contributed by atoms with Crippen LogP contribution in [0.5, 0.6) is 0 Å². The fourth-order valence-electron chi connectivity index (χ4n) is 1.91. The largest absolute Gasteiger partial charge is 0.398 e. The van der Waals surface area contributed by atoms with Crippen LogP contribution in [0.2, 0.25) is 0 Å². The van der Waals surface area contributed by atoms with Gasteiger partial charge < -0.3 is 10.8 Å². The molecule has 0 atom stereocenters. The van der Waals surface area contributed by atoms with Crippen LogP contribution in [0.25, 0.3) is 0 Å². The second-order valence-electron chi connectivity index (χ2n) is 5.26. The maximum Gasteiger partial charge on any atom is 0.269 e. The number of anilines is 1. The van der Waals surface area contributed by atoms with Crippen LogP contribution in [-0.2, 0) is 6.54 Å². The molecule has 0 saturated carbocycles. The van der Waals surface area contributed by atoms with Crippen LogP contribution in [0.3, 0.4) is 0 Å². The maximum atomic E-state index is 10.8.